The highest BCUT2D eigenvalue weighted by atomic mass is 35.5. The minimum atomic E-state index is 0.324. The normalized spacial score (nSPS) is 15.9. The second-order valence-electron chi connectivity index (χ2n) is 4.36. The van der Waals surface area contributed by atoms with Gasteiger partial charge in [0.15, 0.2) is 6.79 Å². The Kier molecular flexibility index (Phi) is 5.18. The lowest BCUT2D eigenvalue weighted by Gasteiger charge is -2.21. The molecule has 0 bridgehead atoms. The fraction of sp³-hybridized carbons (Fsp3) is 0.538. The lowest BCUT2D eigenvalue weighted by molar-refractivity contribution is -0.0168. The van der Waals surface area contributed by atoms with Crippen LogP contribution in [0, 0.1) is 0 Å². The van der Waals surface area contributed by atoms with E-state index in [2.05, 4.69) is 6.92 Å². The van der Waals surface area contributed by atoms with E-state index in [0.717, 1.165) is 40.6 Å². The van der Waals surface area contributed by atoms with Crippen LogP contribution in [0.25, 0.3) is 0 Å². The quantitative estimate of drug-likeness (QED) is 0.903. The zero-order chi connectivity index (χ0) is 13.0. The van der Waals surface area contributed by atoms with E-state index in [4.69, 9.17) is 26.8 Å². The molecule has 0 aliphatic carbocycles. The minimum Gasteiger partial charge on any atom is -0.467 e. The standard InChI is InChI=1S/C13H18ClNO2S/c1-9(2-3-15)18-7-11-5-12(14)4-10-6-16-8-17-13(10)11/h4-5,9H,2-3,6-8,15H2,1H3. The molecule has 3 nitrogen and oxygen atoms in total. The van der Waals surface area contributed by atoms with Crippen LogP contribution >= 0.6 is 23.4 Å². The molecule has 1 atom stereocenters. The van der Waals surface area contributed by atoms with Crippen molar-refractivity contribution in [1.29, 1.82) is 0 Å². The first-order chi connectivity index (χ1) is 8.70. The van der Waals surface area contributed by atoms with Gasteiger partial charge in [-0.1, -0.05) is 18.5 Å². The lowest BCUT2D eigenvalue weighted by Crippen LogP contribution is -2.13. The van der Waals surface area contributed by atoms with E-state index < -0.39 is 0 Å². The van der Waals surface area contributed by atoms with Gasteiger partial charge < -0.3 is 15.2 Å². The molecule has 1 aromatic carbocycles. The van der Waals surface area contributed by atoms with Crippen molar-refractivity contribution in [3.63, 3.8) is 0 Å². The van der Waals surface area contributed by atoms with Gasteiger partial charge in [0.25, 0.3) is 0 Å². The van der Waals surface area contributed by atoms with Crippen LogP contribution in [0.1, 0.15) is 24.5 Å². The molecule has 0 amide bonds. The SMILES string of the molecule is CC(CCN)SCc1cc(Cl)cc2c1OCOC2. The van der Waals surface area contributed by atoms with Gasteiger partial charge >= 0.3 is 0 Å². The van der Waals surface area contributed by atoms with Gasteiger partial charge in [-0.25, -0.2) is 0 Å². The molecule has 0 saturated carbocycles. The molecule has 1 heterocycles. The van der Waals surface area contributed by atoms with E-state index in [9.17, 15) is 0 Å². The maximum atomic E-state index is 6.12. The molecule has 1 aliphatic rings. The maximum absolute atomic E-state index is 6.12. The molecule has 0 aromatic heterocycles. The zero-order valence-electron chi connectivity index (χ0n) is 10.4. The monoisotopic (exact) mass is 287 g/mol. The molecule has 1 unspecified atom stereocenters. The summed E-state index contributed by atoms with van der Waals surface area (Å²) in [6.07, 6.45) is 1.03. The number of halogens is 1. The number of ether oxygens (including phenoxy) is 2. The molecule has 0 saturated heterocycles. The summed E-state index contributed by atoms with van der Waals surface area (Å²) in [4.78, 5) is 0. The molecular formula is C13H18ClNO2S. The number of rotatable bonds is 5. The highest BCUT2D eigenvalue weighted by molar-refractivity contribution is 7.99. The van der Waals surface area contributed by atoms with Crippen LogP contribution in [0.3, 0.4) is 0 Å². The van der Waals surface area contributed by atoms with E-state index in [1.165, 1.54) is 0 Å². The van der Waals surface area contributed by atoms with Gasteiger partial charge in [-0.3, -0.25) is 0 Å². The summed E-state index contributed by atoms with van der Waals surface area (Å²) in [7, 11) is 0. The third-order valence-electron chi connectivity index (χ3n) is 2.85. The van der Waals surface area contributed by atoms with Gasteiger partial charge in [-0.2, -0.15) is 11.8 Å². The molecule has 2 rings (SSSR count). The molecule has 0 spiro atoms. The van der Waals surface area contributed by atoms with E-state index in [-0.39, 0.29) is 0 Å². The fourth-order valence-corrected chi connectivity index (χ4v) is 3.16. The van der Waals surface area contributed by atoms with Crippen LogP contribution in [0.4, 0.5) is 0 Å². The zero-order valence-corrected chi connectivity index (χ0v) is 12.0. The molecule has 18 heavy (non-hydrogen) atoms. The lowest BCUT2D eigenvalue weighted by atomic mass is 10.1. The van der Waals surface area contributed by atoms with Crippen LogP contribution in [0.15, 0.2) is 12.1 Å². The number of hydrogen-bond donors (Lipinski definition) is 1. The highest BCUT2D eigenvalue weighted by Crippen LogP contribution is 2.34. The predicted octanol–water partition coefficient (Wildman–Crippen LogP) is 3.18. The van der Waals surface area contributed by atoms with Crippen LogP contribution < -0.4 is 10.5 Å². The van der Waals surface area contributed by atoms with Gasteiger partial charge in [0.2, 0.25) is 0 Å². The van der Waals surface area contributed by atoms with Crippen molar-refractivity contribution in [2.75, 3.05) is 13.3 Å². The highest BCUT2D eigenvalue weighted by Gasteiger charge is 2.16. The van der Waals surface area contributed by atoms with Gasteiger partial charge in [-0.05, 0) is 25.1 Å². The van der Waals surface area contributed by atoms with E-state index in [0.29, 0.717) is 18.6 Å². The number of nitrogens with two attached hydrogens (primary N) is 1. The van der Waals surface area contributed by atoms with Gasteiger partial charge in [0.1, 0.15) is 5.75 Å². The summed E-state index contributed by atoms with van der Waals surface area (Å²) >= 11 is 7.99. The maximum Gasteiger partial charge on any atom is 0.189 e. The first-order valence-electron chi connectivity index (χ1n) is 6.04. The van der Waals surface area contributed by atoms with Crippen molar-refractivity contribution in [2.45, 2.75) is 31.0 Å². The van der Waals surface area contributed by atoms with E-state index in [1.54, 1.807) is 0 Å². The molecule has 2 N–H and O–H groups in total. The second-order valence-corrected chi connectivity index (χ2v) is 6.23. The fourth-order valence-electron chi connectivity index (χ4n) is 1.91. The Morgan fingerprint density at radius 3 is 3.11 bits per heavy atom. The largest absolute Gasteiger partial charge is 0.467 e. The summed E-state index contributed by atoms with van der Waals surface area (Å²) in [5, 5.41) is 1.29. The molecule has 0 radical (unpaired) electrons. The van der Waals surface area contributed by atoms with Gasteiger partial charge in [-0.15, -0.1) is 0 Å². The molecule has 5 heteroatoms. The number of thioether (sulfide) groups is 1. The predicted molar refractivity (Wildman–Crippen MR) is 76.2 cm³/mol. The van der Waals surface area contributed by atoms with Gasteiger partial charge in [0.05, 0.1) is 6.61 Å². The smallest absolute Gasteiger partial charge is 0.189 e. The second kappa shape index (κ2) is 6.66. The molecule has 1 aliphatic heterocycles. The van der Waals surface area contributed by atoms with E-state index in [1.807, 2.05) is 23.9 Å². The first kappa shape index (κ1) is 14.0. The Hall–Kier alpha value is -0.420. The third kappa shape index (κ3) is 3.54. The van der Waals surface area contributed by atoms with Crippen LogP contribution in [0.5, 0.6) is 5.75 Å². The minimum absolute atomic E-state index is 0.324. The molecular weight excluding hydrogens is 270 g/mol. The summed E-state index contributed by atoms with van der Waals surface area (Å²) in [6, 6.07) is 3.89. The topological polar surface area (TPSA) is 44.5 Å². The average Bonchev–Trinajstić information content (AvgIpc) is 2.36. The Balaban J connectivity index is 2.09. The van der Waals surface area contributed by atoms with Crippen LogP contribution in [0.2, 0.25) is 5.02 Å². The van der Waals surface area contributed by atoms with Gasteiger partial charge in [0, 0.05) is 27.2 Å². The summed E-state index contributed by atoms with van der Waals surface area (Å²) < 4.78 is 10.8. The summed E-state index contributed by atoms with van der Waals surface area (Å²) in [5.74, 6) is 1.84. The third-order valence-corrected chi connectivity index (χ3v) is 4.35. The Morgan fingerprint density at radius 1 is 1.50 bits per heavy atom. The molecule has 100 valence electrons. The number of fused-ring (bicyclic) bond motifs is 1. The molecule has 0 fully saturated rings. The Labute approximate surface area is 117 Å². The number of hydrogen-bond acceptors (Lipinski definition) is 4. The Bertz CT molecular complexity index is 414. The van der Waals surface area contributed by atoms with Crippen molar-refractivity contribution in [2.24, 2.45) is 5.73 Å². The van der Waals surface area contributed by atoms with Crippen LogP contribution in [-0.2, 0) is 17.1 Å². The van der Waals surface area contributed by atoms with Crippen molar-refractivity contribution < 1.29 is 9.47 Å². The average molecular weight is 288 g/mol. The molecule has 1 aromatic rings. The van der Waals surface area contributed by atoms with Crippen molar-refractivity contribution >= 4 is 23.4 Å². The summed E-state index contributed by atoms with van der Waals surface area (Å²) in [6.45, 7) is 3.82. The van der Waals surface area contributed by atoms with Crippen molar-refractivity contribution in [1.82, 2.24) is 0 Å². The summed E-state index contributed by atoms with van der Waals surface area (Å²) in [5.41, 5.74) is 7.74. The Morgan fingerprint density at radius 2 is 2.33 bits per heavy atom. The van der Waals surface area contributed by atoms with E-state index >= 15 is 0 Å². The van der Waals surface area contributed by atoms with Crippen molar-refractivity contribution in [3.05, 3.63) is 28.3 Å². The van der Waals surface area contributed by atoms with Crippen molar-refractivity contribution in [3.8, 4) is 5.75 Å². The number of benzene rings is 1. The first-order valence-corrected chi connectivity index (χ1v) is 7.47. The van der Waals surface area contributed by atoms with Crippen LogP contribution in [-0.4, -0.2) is 18.6 Å².